The second-order valence-corrected chi connectivity index (χ2v) is 6.19. The molecule has 0 aliphatic heterocycles. The summed E-state index contributed by atoms with van der Waals surface area (Å²) in [6.45, 7) is 4.79. The first-order chi connectivity index (χ1) is 8.47. The Morgan fingerprint density at radius 1 is 1.33 bits per heavy atom. The number of nitrogens with two attached hydrogens (primary N) is 1. The number of carbonyl (C=O) groups is 1. The molecule has 0 saturated heterocycles. The molecule has 1 saturated carbocycles. The van der Waals surface area contributed by atoms with Crippen molar-refractivity contribution in [2.24, 2.45) is 11.7 Å². The van der Waals surface area contributed by atoms with Gasteiger partial charge in [0.25, 0.3) is 0 Å². The quantitative estimate of drug-likeness (QED) is 0.792. The van der Waals surface area contributed by atoms with Crippen LogP contribution in [0.4, 0.5) is 0 Å². The Bertz CT molecular complexity index is 257. The fourth-order valence-corrected chi connectivity index (χ4v) is 3.02. The first-order valence-electron chi connectivity index (χ1n) is 7.52. The molecule has 1 unspecified atom stereocenters. The number of rotatable bonds is 6. The molecule has 0 radical (unpaired) electrons. The van der Waals surface area contributed by atoms with Gasteiger partial charge in [-0.05, 0) is 25.7 Å². The topological polar surface area (TPSA) is 46.3 Å². The molecule has 1 aliphatic carbocycles. The van der Waals surface area contributed by atoms with Gasteiger partial charge in [0.05, 0.1) is 5.54 Å². The van der Waals surface area contributed by atoms with Crippen molar-refractivity contribution in [2.45, 2.75) is 70.8 Å². The fourth-order valence-electron chi connectivity index (χ4n) is 3.02. The van der Waals surface area contributed by atoms with Gasteiger partial charge in [0.1, 0.15) is 0 Å². The molecule has 0 aromatic rings. The van der Waals surface area contributed by atoms with Gasteiger partial charge in [-0.2, -0.15) is 0 Å². The molecule has 0 heterocycles. The zero-order chi connectivity index (χ0) is 13.6. The molecule has 106 valence electrons. The average Bonchev–Trinajstić information content (AvgIpc) is 2.36. The Morgan fingerprint density at radius 2 is 1.94 bits per heavy atom. The molecule has 1 aliphatic rings. The van der Waals surface area contributed by atoms with Crippen LogP contribution in [0.3, 0.4) is 0 Å². The van der Waals surface area contributed by atoms with Gasteiger partial charge in [0.15, 0.2) is 0 Å². The van der Waals surface area contributed by atoms with Crippen LogP contribution in [0.1, 0.15) is 65.2 Å². The third kappa shape index (κ3) is 4.60. The van der Waals surface area contributed by atoms with E-state index in [1.165, 1.54) is 32.1 Å². The first-order valence-corrected chi connectivity index (χ1v) is 7.52. The Kier molecular flexibility index (Phi) is 6.13. The average molecular weight is 254 g/mol. The summed E-state index contributed by atoms with van der Waals surface area (Å²) < 4.78 is 0. The van der Waals surface area contributed by atoms with Crippen molar-refractivity contribution in [1.29, 1.82) is 0 Å². The van der Waals surface area contributed by atoms with Crippen molar-refractivity contribution in [3.8, 4) is 0 Å². The smallest absolute Gasteiger partial charge is 0.242 e. The van der Waals surface area contributed by atoms with Crippen molar-refractivity contribution in [3.05, 3.63) is 0 Å². The SMILES string of the molecule is CCCC(C)(N)C(=O)N(C)CCC1CCCCC1. The highest BCUT2D eigenvalue weighted by Gasteiger charge is 2.30. The summed E-state index contributed by atoms with van der Waals surface area (Å²) in [5.41, 5.74) is 5.40. The van der Waals surface area contributed by atoms with Gasteiger partial charge in [0, 0.05) is 13.6 Å². The molecule has 1 fully saturated rings. The van der Waals surface area contributed by atoms with Gasteiger partial charge in [0.2, 0.25) is 5.91 Å². The number of likely N-dealkylation sites (N-methyl/N-ethyl adjacent to an activating group) is 1. The van der Waals surface area contributed by atoms with E-state index in [9.17, 15) is 4.79 Å². The van der Waals surface area contributed by atoms with Crippen molar-refractivity contribution >= 4 is 5.91 Å². The van der Waals surface area contributed by atoms with Gasteiger partial charge in [-0.15, -0.1) is 0 Å². The van der Waals surface area contributed by atoms with E-state index in [2.05, 4.69) is 6.92 Å². The van der Waals surface area contributed by atoms with Gasteiger partial charge in [-0.1, -0.05) is 45.4 Å². The monoisotopic (exact) mass is 254 g/mol. The number of hydrogen-bond acceptors (Lipinski definition) is 2. The van der Waals surface area contributed by atoms with Crippen LogP contribution in [0.5, 0.6) is 0 Å². The lowest BCUT2D eigenvalue weighted by molar-refractivity contribution is -0.135. The number of hydrogen-bond donors (Lipinski definition) is 1. The molecule has 18 heavy (non-hydrogen) atoms. The molecule has 3 heteroatoms. The van der Waals surface area contributed by atoms with Crippen LogP contribution in [0.2, 0.25) is 0 Å². The van der Waals surface area contributed by atoms with E-state index in [0.717, 1.165) is 31.7 Å². The lowest BCUT2D eigenvalue weighted by Gasteiger charge is -2.30. The third-order valence-electron chi connectivity index (χ3n) is 4.20. The molecule has 0 bridgehead atoms. The van der Waals surface area contributed by atoms with Crippen LogP contribution in [-0.4, -0.2) is 29.9 Å². The molecular formula is C15H30N2O. The van der Waals surface area contributed by atoms with E-state index in [1.807, 2.05) is 18.9 Å². The number of carbonyl (C=O) groups excluding carboxylic acids is 1. The summed E-state index contributed by atoms with van der Waals surface area (Å²) >= 11 is 0. The highest BCUT2D eigenvalue weighted by Crippen LogP contribution is 2.26. The lowest BCUT2D eigenvalue weighted by Crippen LogP contribution is -2.52. The summed E-state index contributed by atoms with van der Waals surface area (Å²) in [4.78, 5) is 14.1. The zero-order valence-electron chi connectivity index (χ0n) is 12.4. The second-order valence-electron chi connectivity index (χ2n) is 6.19. The van der Waals surface area contributed by atoms with Crippen LogP contribution in [-0.2, 0) is 4.79 Å². The molecule has 1 rings (SSSR count). The largest absolute Gasteiger partial charge is 0.344 e. The Balaban J connectivity index is 2.34. The molecule has 0 aromatic heterocycles. The molecule has 1 amide bonds. The predicted molar refractivity (Wildman–Crippen MR) is 76.3 cm³/mol. The van der Waals surface area contributed by atoms with Crippen molar-refractivity contribution < 1.29 is 4.79 Å². The number of nitrogens with zero attached hydrogens (tertiary/aromatic N) is 1. The van der Waals surface area contributed by atoms with Crippen molar-refractivity contribution in [3.63, 3.8) is 0 Å². The number of amides is 1. The summed E-state index contributed by atoms with van der Waals surface area (Å²) in [7, 11) is 1.89. The third-order valence-corrected chi connectivity index (χ3v) is 4.20. The minimum absolute atomic E-state index is 0.0974. The van der Waals surface area contributed by atoms with Gasteiger partial charge < -0.3 is 10.6 Å². The summed E-state index contributed by atoms with van der Waals surface area (Å²) in [5.74, 6) is 0.921. The van der Waals surface area contributed by atoms with E-state index in [4.69, 9.17) is 5.73 Å². The molecule has 0 spiro atoms. The Labute approximate surface area is 112 Å². The van der Waals surface area contributed by atoms with E-state index in [0.29, 0.717) is 0 Å². The van der Waals surface area contributed by atoms with Crippen LogP contribution >= 0.6 is 0 Å². The standard InChI is InChI=1S/C15H30N2O/c1-4-11-15(2,16)14(18)17(3)12-10-13-8-6-5-7-9-13/h13H,4-12,16H2,1-3H3. The van der Waals surface area contributed by atoms with Crippen LogP contribution < -0.4 is 5.73 Å². The van der Waals surface area contributed by atoms with Gasteiger partial charge in [-0.25, -0.2) is 0 Å². The lowest BCUT2D eigenvalue weighted by atomic mass is 9.87. The van der Waals surface area contributed by atoms with E-state index >= 15 is 0 Å². The van der Waals surface area contributed by atoms with Crippen molar-refractivity contribution in [1.82, 2.24) is 4.90 Å². The Hall–Kier alpha value is -0.570. The second kappa shape index (κ2) is 7.13. The van der Waals surface area contributed by atoms with E-state index in [1.54, 1.807) is 0 Å². The van der Waals surface area contributed by atoms with E-state index < -0.39 is 5.54 Å². The maximum atomic E-state index is 12.2. The maximum absolute atomic E-state index is 12.2. The zero-order valence-corrected chi connectivity index (χ0v) is 12.4. The highest BCUT2D eigenvalue weighted by molar-refractivity contribution is 5.85. The minimum atomic E-state index is -0.684. The summed E-state index contributed by atoms with van der Waals surface area (Å²) in [5, 5.41) is 0. The summed E-state index contributed by atoms with van der Waals surface area (Å²) in [6, 6.07) is 0. The normalized spacial score (nSPS) is 20.4. The van der Waals surface area contributed by atoms with E-state index in [-0.39, 0.29) is 5.91 Å². The highest BCUT2D eigenvalue weighted by atomic mass is 16.2. The molecule has 3 nitrogen and oxygen atoms in total. The van der Waals surface area contributed by atoms with Gasteiger partial charge >= 0.3 is 0 Å². The summed E-state index contributed by atoms with van der Waals surface area (Å²) in [6.07, 6.45) is 9.68. The molecule has 0 aromatic carbocycles. The van der Waals surface area contributed by atoms with Crippen LogP contribution in [0.15, 0.2) is 0 Å². The van der Waals surface area contributed by atoms with Gasteiger partial charge in [-0.3, -0.25) is 4.79 Å². The maximum Gasteiger partial charge on any atom is 0.242 e. The predicted octanol–water partition coefficient (Wildman–Crippen LogP) is 2.93. The van der Waals surface area contributed by atoms with Crippen molar-refractivity contribution in [2.75, 3.05) is 13.6 Å². The molecule has 2 N–H and O–H groups in total. The minimum Gasteiger partial charge on any atom is -0.344 e. The molecular weight excluding hydrogens is 224 g/mol. The van der Waals surface area contributed by atoms with Crippen LogP contribution in [0.25, 0.3) is 0 Å². The molecule has 1 atom stereocenters. The Morgan fingerprint density at radius 3 is 2.50 bits per heavy atom. The first kappa shape index (κ1) is 15.5. The van der Waals surface area contributed by atoms with Crippen LogP contribution in [0, 0.1) is 5.92 Å². The fraction of sp³-hybridized carbons (Fsp3) is 0.933.